The number of fused-ring (bicyclic) bond motifs is 1. The molecule has 6 nitrogen and oxygen atoms in total. The first-order chi connectivity index (χ1) is 13.5. The summed E-state index contributed by atoms with van der Waals surface area (Å²) >= 11 is 1.28. The Kier molecular flexibility index (Phi) is 6.43. The Morgan fingerprint density at radius 2 is 1.89 bits per heavy atom. The molecule has 0 aliphatic heterocycles. The molecule has 1 amide bonds. The molecule has 0 saturated heterocycles. The standard InChI is InChI=1S/C20H21FN2O4S/c1-25-9-8-23-15-6-5-14(21)12-18(15)28-20(23)22-19(24)11-13-4-7-16(26-2)17(10-13)27-3/h4-7,10,12H,8-9,11H2,1-3H3. The Bertz CT molecular complexity index is 1060. The molecule has 0 N–H and O–H groups in total. The van der Waals surface area contributed by atoms with Crippen molar-refractivity contribution in [1.82, 2.24) is 4.57 Å². The SMILES string of the molecule is COCCn1c(=NC(=O)Cc2ccc(OC)c(OC)c2)sc2cc(F)ccc21. The molecule has 0 spiro atoms. The lowest BCUT2D eigenvalue weighted by Gasteiger charge is -2.08. The molecule has 0 atom stereocenters. The van der Waals surface area contributed by atoms with Gasteiger partial charge >= 0.3 is 0 Å². The van der Waals surface area contributed by atoms with E-state index in [-0.39, 0.29) is 18.1 Å². The third-order valence-electron chi connectivity index (χ3n) is 4.19. The number of rotatable bonds is 7. The molecule has 0 unspecified atom stereocenters. The van der Waals surface area contributed by atoms with Gasteiger partial charge in [0, 0.05) is 13.7 Å². The number of hydrogen-bond donors (Lipinski definition) is 0. The van der Waals surface area contributed by atoms with Gasteiger partial charge in [0.2, 0.25) is 0 Å². The smallest absolute Gasteiger partial charge is 0.252 e. The van der Waals surface area contributed by atoms with Gasteiger partial charge in [0.1, 0.15) is 5.82 Å². The van der Waals surface area contributed by atoms with E-state index in [0.29, 0.717) is 29.5 Å². The van der Waals surface area contributed by atoms with Gasteiger partial charge in [-0.15, -0.1) is 0 Å². The van der Waals surface area contributed by atoms with E-state index in [9.17, 15) is 9.18 Å². The van der Waals surface area contributed by atoms with Crippen LogP contribution in [0.5, 0.6) is 11.5 Å². The number of ether oxygens (including phenoxy) is 3. The monoisotopic (exact) mass is 404 g/mol. The van der Waals surface area contributed by atoms with Crippen LogP contribution in [0, 0.1) is 5.82 Å². The summed E-state index contributed by atoms with van der Waals surface area (Å²) in [6.07, 6.45) is 0.118. The Morgan fingerprint density at radius 1 is 1.11 bits per heavy atom. The topological polar surface area (TPSA) is 62.1 Å². The summed E-state index contributed by atoms with van der Waals surface area (Å²) in [4.78, 5) is 17.3. The van der Waals surface area contributed by atoms with E-state index in [1.165, 1.54) is 23.5 Å². The number of benzene rings is 2. The van der Waals surface area contributed by atoms with Gasteiger partial charge in [0.15, 0.2) is 16.3 Å². The fourth-order valence-corrected chi connectivity index (χ4v) is 3.94. The molecule has 3 aromatic rings. The molecular formula is C20H21FN2O4S. The van der Waals surface area contributed by atoms with Gasteiger partial charge in [0.25, 0.3) is 5.91 Å². The van der Waals surface area contributed by atoms with Crippen LogP contribution in [0.2, 0.25) is 0 Å². The number of amides is 1. The minimum Gasteiger partial charge on any atom is -0.493 e. The molecule has 0 aliphatic rings. The molecular weight excluding hydrogens is 383 g/mol. The van der Waals surface area contributed by atoms with Crippen molar-refractivity contribution in [3.8, 4) is 11.5 Å². The molecule has 3 rings (SSSR count). The number of methoxy groups -OCH3 is 3. The van der Waals surface area contributed by atoms with Crippen LogP contribution in [0.15, 0.2) is 41.4 Å². The fraction of sp³-hybridized carbons (Fsp3) is 0.300. The molecule has 8 heteroatoms. The summed E-state index contributed by atoms with van der Waals surface area (Å²) in [6, 6.07) is 9.84. The van der Waals surface area contributed by atoms with E-state index >= 15 is 0 Å². The highest BCUT2D eigenvalue weighted by atomic mass is 32.1. The lowest BCUT2D eigenvalue weighted by atomic mass is 10.1. The molecule has 0 aliphatic carbocycles. The number of carbonyl (C=O) groups is 1. The van der Waals surface area contributed by atoms with Gasteiger partial charge in [-0.3, -0.25) is 4.79 Å². The Hall–Kier alpha value is -2.71. The summed E-state index contributed by atoms with van der Waals surface area (Å²) in [5.41, 5.74) is 1.59. The Morgan fingerprint density at radius 3 is 2.61 bits per heavy atom. The molecule has 2 aromatic carbocycles. The highest BCUT2D eigenvalue weighted by molar-refractivity contribution is 7.16. The second-order valence-electron chi connectivity index (χ2n) is 6.01. The first kappa shape index (κ1) is 20.0. The molecule has 1 aromatic heterocycles. The van der Waals surface area contributed by atoms with Crippen LogP contribution in [0.1, 0.15) is 5.56 Å². The van der Waals surface area contributed by atoms with E-state index in [2.05, 4.69) is 4.99 Å². The van der Waals surface area contributed by atoms with Crippen molar-refractivity contribution in [2.24, 2.45) is 4.99 Å². The zero-order valence-electron chi connectivity index (χ0n) is 15.9. The predicted octanol–water partition coefficient (Wildman–Crippen LogP) is 3.18. The number of hydrogen-bond acceptors (Lipinski definition) is 5. The molecule has 1 heterocycles. The molecule has 0 saturated carbocycles. The van der Waals surface area contributed by atoms with Gasteiger partial charge in [-0.05, 0) is 35.9 Å². The molecule has 28 heavy (non-hydrogen) atoms. The normalized spacial score (nSPS) is 11.8. The second-order valence-corrected chi connectivity index (χ2v) is 7.02. The third-order valence-corrected chi connectivity index (χ3v) is 5.23. The number of carbonyl (C=O) groups excluding carboxylic acids is 1. The summed E-state index contributed by atoms with van der Waals surface area (Å²) in [6.45, 7) is 0.977. The highest BCUT2D eigenvalue weighted by Gasteiger charge is 2.11. The molecule has 0 fully saturated rings. The predicted molar refractivity (Wildman–Crippen MR) is 105 cm³/mol. The average molecular weight is 404 g/mol. The van der Waals surface area contributed by atoms with E-state index in [1.807, 2.05) is 4.57 Å². The van der Waals surface area contributed by atoms with Crippen molar-refractivity contribution >= 4 is 27.5 Å². The second kappa shape index (κ2) is 8.99. The van der Waals surface area contributed by atoms with Gasteiger partial charge < -0.3 is 18.8 Å². The summed E-state index contributed by atoms with van der Waals surface area (Å²) < 4.78 is 31.8. The summed E-state index contributed by atoms with van der Waals surface area (Å²) in [7, 11) is 4.71. The Balaban J connectivity index is 1.93. The third kappa shape index (κ3) is 4.40. The van der Waals surface area contributed by atoms with Crippen LogP contribution >= 0.6 is 11.3 Å². The van der Waals surface area contributed by atoms with Gasteiger partial charge in [-0.2, -0.15) is 4.99 Å². The van der Waals surface area contributed by atoms with Crippen molar-refractivity contribution in [2.75, 3.05) is 27.9 Å². The largest absolute Gasteiger partial charge is 0.493 e. The minimum atomic E-state index is -0.323. The molecule has 0 radical (unpaired) electrons. The van der Waals surface area contributed by atoms with Crippen molar-refractivity contribution < 1.29 is 23.4 Å². The summed E-state index contributed by atoms with van der Waals surface area (Å²) in [5, 5.41) is 0. The lowest BCUT2D eigenvalue weighted by molar-refractivity contribution is -0.117. The first-order valence-electron chi connectivity index (χ1n) is 8.62. The van der Waals surface area contributed by atoms with Crippen LogP contribution < -0.4 is 14.3 Å². The van der Waals surface area contributed by atoms with Crippen LogP contribution in [-0.2, 0) is 22.5 Å². The van der Waals surface area contributed by atoms with E-state index in [0.717, 1.165) is 15.8 Å². The zero-order chi connectivity index (χ0) is 20.1. The lowest BCUT2D eigenvalue weighted by Crippen LogP contribution is -2.19. The van der Waals surface area contributed by atoms with E-state index < -0.39 is 0 Å². The van der Waals surface area contributed by atoms with Gasteiger partial charge in [-0.25, -0.2) is 4.39 Å². The van der Waals surface area contributed by atoms with Crippen molar-refractivity contribution in [1.29, 1.82) is 0 Å². The zero-order valence-corrected chi connectivity index (χ0v) is 16.7. The van der Waals surface area contributed by atoms with E-state index in [1.54, 1.807) is 45.6 Å². The fourth-order valence-electron chi connectivity index (χ4n) is 2.84. The molecule has 148 valence electrons. The Labute approximate surface area is 165 Å². The van der Waals surface area contributed by atoms with Crippen molar-refractivity contribution in [2.45, 2.75) is 13.0 Å². The summed E-state index contributed by atoms with van der Waals surface area (Å²) in [5.74, 6) is 0.529. The number of thiazole rings is 1. The maximum atomic E-state index is 13.6. The van der Waals surface area contributed by atoms with E-state index in [4.69, 9.17) is 14.2 Å². The van der Waals surface area contributed by atoms with Crippen molar-refractivity contribution in [3.63, 3.8) is 0 Å². The van der Waals surface area contributed by atoms with Gasteiger partial charge in [0.05, 0.1) is 37.5 Å². The molecule has 0 bridgehead atoms. The number of aromatic nitrogens is 1. The first-order valence-corrected chi connectivity index (χ1v) is 9.43. The maximum absolute atomic E-state index is 13.6. The quantitative estimate of drug-likeness (QED) is 0.607. The van der Waals surface area contributed by atoms with Crippen molar-refractivity contribution in [3.05, 3.63) is 52.6 Å². The van der Waals surface area contributed by atoms with Crippen LogP contribution in [0.4, 0.5) is 4.39 Å². The average Bonchev–Trinajstić information content (AvgIpc) is 3.01. The minimum absolute atomic E-state index is 0.118. The van der Waals surface area contributed by atoms with Crippen LogP contribution in [0.25, 0.3) is 10.2 Å². The van der Waals surface area contributed by atoms with Gasteiger partial charge in [-0.1, -0.05) is 17.4 Å². The number of halogens is 1. The maximum Gasteiger partial charge on any atom is 0.252 e. The number of nitrogens with zero attached hydrogens (tertiary/aromatic N) is 2. The van der Waals surface area contributed by atoms with Crippen LogP contribution in [-0.4, -0.2) is 38.4 Å². The van der Waals surface area contributed by atoms with Crippen LogP contribution in [0.3, 0.4) is 0 Å². The highest BCUT2D eigenvalue weighted by Crippen LogP contribution is 2.27.